The molecule has 3 N–H and O–H groups in total. The van der Waals surface area contributed by atoms with Crippen LogP contribution in [0.3, 0.4) is 0 Å². The van der Waals surface area contributed by atoms with E-state index in [0.29, 0.717) is 12.2 Å². The summed E-state index contributed by atoms with van der Waals surface area (Å²) in [6, 6.07) is 9.43. The highest BCUT2D eigenvalue weighted by molar-refractivity contribution is 5.84. The first-order chi connectivity index (χ1) is 12.7. The number of nitrogens with zero attached hydrogens (tertiary/aromatic N) is 3. The van der Waals surface area contributed by atoms with Crippen LogP contribution in [0.2, 0.25) is 0 Å². The molecule has 8 nitrogen and oxygen atoms in total. The smallest absolute Gasteiger partial charge is 0.411 e. The Balaban J connectivity index is 1.80. The van der Waals surface area contributed by atoms with E-state index < -0.39 is 6.09 Å². The van der Waals surface area contributed by atoms with Gasteiger partial charge in [0.25, 0.3) is 0 Å². The number of anilines is 1. The van der Waals surface area contributed by atoms with Crippen molar-refractivity contribution >= 4 is 17.7 Å². The van der Waals surface area contributed by atoms with Crippen LogP contribution in [0.5, 0.6) is 0 Å². The van der Waals surface area contributed by atoms with Crippen molar-refractivity contribution in [3.63, 3.8) is 0 Å². The van der Waals surface area contributed by atoms with Gasteiger partial charge >= 0.3 is 6.09 Å². The van der Waals surface area contributed by atoms with Gasteiger partial charge in [-0.3, -0.25) is 10.00 Å². The zero-order valence-electron chi connectivity index (χ0n) is 15.2. The van der Waals surface area contributed by atoms with Gasteiger partial charge in [0.05, 0.1) is 13.7 Å². The molecule has 0 unspecified atom stereocenters. The monoisotopic (exact) mass is 358 g/mol. The Morgan fingerprint density at radius 2 is 2.08 bits per heavy atom. The van der Waals surface area contributed by atoms with Crippen molar-refractivity contribution in [2.24, 2.45) is 4.99 Å². The summed E-state index contributed by atoms with van der Waals surface area (Å²) < 4.78 is 6.48. The number of aryl methyl sites for hydroxylation is 1. The highest BCUT2D eigenvalue weighted by Crippen LogP contribution is 2.10. The molecule has 8 heteroatoms. The SMILES string of the molecule is CCNC(=NCc1ccc(NC(=O)OC)cc1)NCCCn1cccn1. The van der Waals surface area contributed by atoms with Gasteiger partial charge in [0.1, 0.15) is 0 Å². The number of carbonyl (C=O) groups excluding carboxylic acids is 1. The second-order valence-electron chi connectivity index (χ2n) is 5.56. The van der Waals surface area contributed by atoms with E-state index in [1.54, 1.807) is 6.20 Å². The van der Waals surface area contributed by atoms with Crippen LogP contribution < -0.4 is 16.0 Å². The maximum absolute atomic E-state index is 11.2. The molecule has 2 rings (SSSR count). The summed E-state index contributed by atoms with van der Waals surface area (Å²) >= 11 is 0. The number of methoxy groups -OCH3 is 1. The van der Waals surface area contributed by atoms with Gasteiger partial charge in [0, 0.05) is 37.7 Å². The number of aromatic nitrogens is 2. The molecule has 0 bridgehead atoms. The van der Waals surface area contributed by atoms with Crippen LogP contribution in [0, 0.1) is 0 Å². The summed E-state index contributed by atoms with van der Waals surface area (Å²) in [7, 11) is 1.34. The Labute approximate surface area is 153 Å². The van der Waals surface area contributed by atoms with E-state index in [2.05, 4.69) is 30.8 Å². The van der Waals surface area contributed by atoms with Crippen molar-refractivity contribution in [2.45, 2.75) is 26.4 Å². The minimum Gasteiger partial charge on any atom is -0.453 e. The number of ether oxygens (including phenoxy) is 1. The zero-order chi connectivity index (χ0) is 18.6. The minimum absolute atomic E-state index is 0.482. The van der Waals surface area contributed by atoms with Gasteiger partial charge in [-0.2, -0.15) is 5.10 Å². The maximum atomic E-state index is 11.2. The van der Waals surface area contributed by atoms with Gasteiger partial charge in [-0.1, -0.05) is 12.1 Å². The van der Waals surface area contributed by atoms with Crippen molar-refractivity contribution in [3.05, 3.63) is 48.3 Å². The molecular formula is C18H26N6O2. The Bertz CT molecular complexity index is 682. The molecule has 0 saturated heterocycles. The molecule has 0 atom stereocenters. The molecule has 0 fully saturated rings. The molecule has 1 amide bonds. The average Bonchev–Trinajstić information content (AvgIpc) is 3.17. The highest BCUT2D eigenvalue weighted by atomic mass is 16.5. The third-order valence-corrected chi connectivity index (χ3v) is 3.57. The number of guanidine groups is 1. The second kappa shape index (κ2) is 10.8. The van der Waals surface area contributed by atoms with Crippen molar-refractivity contribution in [2.75, 3.05) is 25.5 Å². The van der Waals surface area contributed by atoms with Crippen LogP contribution in [-0.2, 0) is 17.8 Å². The normalized spacial score (nSPS) is 11.1. The number of hydrogen-bond acceptors (Lipinski definition) is 4. The van der Waals surface area contributed by atoms with Gasteiger partial charge in [0.15, 0.2) is 5.96 Å². The third kappa shape index (κ3) is 6.84. The number of amides is 1. The molecule has 0 aliphatic rings. The van der Waals surface area contributed by atoms with E-state index in [9.17, 15) is 4.79 Å². The van der Waals surface area contributed by atoms with Crippen LogP contribution in [0.25, 0.3) is 0 Å². The molecule has 1 aromatic heterocycles. The first kappa shape index (κ1) is 19.3. The van der Waals surface area contributed by atoms with Crippen molar-refractivity contribution < 1.29 is 9.53 Å². The molecule has 2 aromatic rings. The van der Waals surface area contributed by atoms with Gasteiger partial charge in [-0.15, -0.1) is 0 Å². The second-order valence-corrected chi connectivity index (χ2v) is 5.56. The zero-order valence-corrected chi connectivity index (χ0v) is 15.2. The van der Waals surface area contributed by atoms with Crippen molar-refractivity contribution in [1.82, 2.24) is 20.4 Å². The number of hydrogen-bond donors (Lipinski definition) is 3. The van der Waals surface area contributed by atoms with Crippen LogP contribution in [0.1, 0.15) is 18.9 Å². The Hall–Kier alpha value is -3.03. The number of rotatable bonds is 8. The molecule has 0 aliphatic heterocycles. The first-order valence-electron chi connectivity index (χ1n) is 8.64. The summed E-state index contributed by atoms with van der Waals surface area (Å²) in [5, 5.41) is 13.4. The maximum Gasteiger partial charge on any atom is 0.411 e. The molecule has 26 heavy (non-hydrogen) atoms. The molecule has 0 spiro atoms. The standard InChI is InChI=1S/C18H26N6O2/c1-3-19-17(20-10-4-12-24-13-5-11-22-24)21-14-15-6-8-16(9-7-15)23-18(25)26-2/h5-9,11,13H,3-4,10,12,14H2,1-2H3,(H,23,25)(H2,19,20,21). The Morgan fingerprint density at radius 1 is 1.27 bits per heavy atom. The highest BCUT2D eigenvalue weighted by Gasteiger charge is 2.01. The van der Waals surface area contributed by atoms with Gasteiger partial charge in [-0.05, 0) is 37.1 Å². The van der Waals surface area contributed by atoms with Crippen LogP contribution in [0.4, 0.5) is 10.5 Å². The fourth-order valence-corrected chi connectivity index (χ4v) is 2.26. The van der Waals surface area contributed by atoms with Gasteiger partial charge < -0.3 is 15.4 Å². The summed E-state index contributed by atoms with van der Waals surface area (Å²) in [5.41, 5.74) is 1.74. The van der Waals surface area contributed by atoms with Crippen LogP contribution in [-0.4, -0.2) is 42.0 Å². The predicted octanol–water partition coefficient (Wildman–Crippen LogP) is 2.21. The lowest BCUT2D eigenvalue weighted by Gasteiger charge is -2.11. The molecule has 0 radical (unpaired) electrons. The molecule has 0 saturated carbocycles. The van der Waals surface area contributed by atoms with E-state index in [-0.39, 0.29) is 0 Å². The predicted molar refractivity (Wildman–Crippen MR) is 102 cm³/mol. The lowest BCUT2D eigenvalue weighted by atomic mass is 10.2. The Morgan fingerprint density at radius 3 is 2.73 bits per heavy atom. The quantitative estimate of drug-likeness (QED) is 0.382. The molecular weight excluding hydrogens is 332 g/mol. The van der Waals surface area contributed by atoms with Crippen molar-refractivity contribution in [3.8, 4) is 0 Å². The van der Waals surface area contributed by atoms with Crippen molar-refractivity contribution in [1.29, 1.82) is 0 Å². The number of aliphatic imine (C=N–C) groups is 1. The summed E-state index contributed by atoms with van der Waals surface area (Å²) in [5.74, 6) is 0.782. The molecule has 1 aromatic carbocycles. The summed E-state index contributed by atoms with van der Waals surface area (Å²) in [4.78, 5) is 15.8. The van der Waals surface area contributed by atoms with E-state index in [0.717, 1.165) is 37.6 Å². The lowest BCUT2D eigenvalue weighted by molar-refractivity contribution is 0.187. The minimum atomic E-state index is -0.482. The summed E-state index contributed by atoms with van der Waals surface area (Å²) in [6.07, 6.45) is 4.22. The average molecular weight is 358 g/mol. The van der Waals surface area contributed by atoms with E-state index in [1.807, 2.05) is 48.1 Å². The molecule has 0 aliphatic carbocycles. The largest absolute Gasteiger partial charge is 0.453 e. The van der Waals surface area contributed by atoms with E-state index in [1.165, 1.54) is 7.11 Å². The fourth-order valence-electron chi connectivity index (χ4n) is 2.26. The molecule has 140 valence electrons. The van der Waals surface area contributed by atoms with E-state index >= 15 is 0 Å². The lowest BCUT2D eigenvalue weighted by Crippen LogP contribution is -2.38. The summed E-state index contributed by atoms with van der Waals surface area (Å²) in [6.45, 7) is 5.07. The topological polar surface area (TPSA) is 92.6 Å². The van der Waals surface area contributed by atoms with Gasteiger partial charge in [0.2, 0.25) is 0 Å². The Kier molecular flexibility index (Phi) is 7.98. The van der Waals surface area contributed by atoms with E-state index in [4.69, 9.17) is 0 Å². The first-order valence-corrected chi connectivity index (χ1v) is 8.64. The van der Waals surface area contributed by atoms with Crippen LogP contribution in [0.15, 0.2) is 47.7 Å². The number of carbonyl (C=O) groups is 1. The fraction of sp³-hybridized carbons (Fsp3) is 0.389. The molecule has 1 heterocycles. The third-order valence-electron chi connectivity index (χ3n) is 3.57. The van der Waals surface area contributed by atoms with Crippen LogP contribution >= 0.6 is 0 Å². The van der Waals surface area contributed by atoms with Gasteiger partial charge in [-0.25, -0.2) is 9.79 Å². The number of benzene rings is 1. The number of nitrogens with one attached hydrogen (secondary N) is 3.